The second-order valence-corrected chi connectivity index (χ2v) is 10.2. The van der Waals surface area contributed by atoms with Crippen LogP contribution in [0.2, 0.25) is 0 Å². The Labute approximate surface area is 235 Å². The van der Waals surface area contributed by atoms with E-state index < -0.39 is 6.04 Å². The second-order valence-electron chi connectivity index (χ2n) is 9.37. The maximum atomic E-state index is 13.7. The highest BCUT2D eigenvalue weighted by atomic mass is 79.9. The van der Waals surface area contributed by atoms with Gasteiger partial charge in [-0.2, -0.15) is 4.68 Å². The van der Waals surface area contributed by atoms with Gasteiger partial charge < -0.3 is 20.1 Å². The molecule has 0 fully saturated rings. The van der Waals surface area contributed by atoms with Crippen molar-refractivity contribution < 1.29 is 14.3 Å². The number of carbonyl (C=O) groups is 1. The number of hydrogen-bond donors (Lipinski definition) is 2. The fourth-order valence-electron chi connectivity index (χ4n) is 4.44. The largest absolute Gasteiger partial charge is 0.490 e. The van der Waals surface area contributed by atoms with Crippen LogP contribution in [-0.2, 0) is 11.4 Å². The maximum Gasteiger partial charge on any atom is 0.255 e. The quantitative estimate of drug-likeness (QED) is 0.262. The van der Waals surface area contributed by atoms with Crippen LogP contribution in [0.15, 0.2) is 76.4 Å². The van der Waals surface area contributed by atoms with Crippen molar-refractivity contribution in [1.82, 2.24) is 20.2 Å². The van der Waals surface area contributed by atoms with E-state index in [9.17, 15) is 4.79 Å². The zero-order chi connectivity index (χ0) is 27.5. The molecular formula is C29H29BrN6O3. The molecule has 2 N–H and O–H groups in total. The van der Waals surface area contributed by atoms with Gasteiger partial charge in [-0.25, -0.2) is 0 Å². The highest BCUT2D eigenvalue weighted by molar-refractivity contribution is 9.10. The van der Waals surface area contributed by atoms with Crippen molar-refractivity contribution in [2.45, 2.75) is 40.3 Å². The van der Waals surface area contributed by atoms with Gasteiger partial charge in [0.15, 0.2) is 11.5 Å². The molecule has 1 aliphatic rings. The van der Waals surface area contributed by atoms with Crippen LogP contribution in [-0.4, -0.2) is 32.7 Å². The topological polar surface area (TPSA) is 103 Å². The number of halogens is 1. The standard InChI is InChI=1S/C29H29BrN6O3/c1-5-38-24-15-21(14-23(30)27(24)39-16-20-10-6-17(2)7-11-20)26-25(19(4)31-29-33-34-35-36(26)29)28(37)32-22-12-8-18(3)9-13-22/h6-15,26H,5,16H2,1-4H3,(H,32,37)(H,31,33,35). The molecule has 1 aromatic heterocycles. The van der Waals surface area contributed by atoms with Crippen molar-refractivity contribution >= 4 is 33.5 Å². The summed E-state index contributed by atoms with van der Waals surface area (Å²) in [7, 11) is 0. The molecule has 39 heavy (non-hydrogen) atoms. The predicted octanol–water partition coefficient (Wildman–Crippen LogP) is 5.96. The molecule has 0 aliphatic carbocycles. The Morgan fingerprint density at radius 1 is 1.03 bits per heavy atom. The lowest BCUT2D eigenvalue weighted by atomic mass is 9.94. The van der Waals surface area contributed by atoms with Crippen molar-refractivity contribution in [2.24, 2.45) is 0 Å². The van der Waals surface area contributed by atoms with Gasteiger partial charge in [0.05, 0.1) is 16.7 Å². The van der Waals surface area contributed by atoms with E-state index in [1.165, 1.54) is 5.56 Å². The van der Waals surface area contributed by atoms with Gasteiger partial charge >= 0.3 is 0 Å². The molecular weight excluding hydrogens is 560 g/mol. The molecule has 1 atom stereocenters. The van der Waals surface area contributed by atoms with E-state index in [0.29, 0.717) is 52.1 Å². The van der Waals surface area contributed by atoms with Crippen molar-refractivity contribution in [2.75, 3.05) is 17.2 Å². The Kier molecular flexibility index (Phi) is 7.65. The highest BCUT2D eigenvalue weighted by Gasteiger charge is 2.35. The van der Waals surface area contributed by atoms with Crippen LogP contribution < -0.4 is 20.1 Å². The van der Waals surface area contributed by atoms with E-state index in [1.807, 2.05) is 69.3 Å². The van der Waals surface area contributed by atoms with Crippen LogP contribution >= 0.6 is 15.9 Å². The molecule has 1 aliphatic heterocycles. The number of amides is 1. The first-order valence-electron chi connectivity index (χ1n) is 12.6. The molecule has 1 unspecified atom stereocenters. The van der Waals surface area contributed by atoms with E-state index in [-0.39, 0.29) is 5.91 Å². The summed E-state index contributed by atoms with van der Waals surface area (Å²) in [6.45, 7) is 8.63. The Bertz CT molecular complexity index is 1530. The van der Waals surface area contributed by atoms with E-state index in [0.717, 1.165) is 16.7 Å². The van der Waals surface area contributed by atoms with Crippen LogP contribution in [0.1, 0.15) is 42.1 Å². The number of benzene rings is 3. The number of fused-ring (bicyclic) bond motifs is 1. The van der Waals surface area contributed by atoms with Crippen molar-refractivity contribution in [3.63, 3.8) is 0 Å². The van der Waals surface area contributed by atoms with E-state index in [1.54, 1.807) is 4.68 Å². The monoisotopic (exact) mass is 588 g/mol. The number of ether oxygens (including phenoxy) is 2. The number of carbonyl (C=O) groups excluding carboxylic acids is 1. The van der Waals surface area contributed by atoms with Gasteiger partial charge in [0.1, 0.15) is 12.6 Å². The number of rotatable bonds is 8. The van der Waals surface area contributed by atoms with Gasteiger partial charge in [0.25, 0.3) is 5.91 Å². The highest BCUT2D eigenvalue weighted by Crippen LogP contribution is 2.43. The third kappa shape index (κ3) is 5.65. The molecule has 3 aromatic carbocycles. The molecule has 0 radical (unpaired) electrons. The second kappa shape index (κ2) is 11.3. The zero-order valence-electron chi connectivity index (χ0n) is 22.2. The van der Waals surface area contributed by atoms with Gasteiger partial charge in [-0.3, -0.25) is 4.79 Å². The molecule has 9 nitrogen and oxygen atoms in total. The van der Waals surface area contributed by atoms with Crippen molar-refractivity contribution in [3.05, 3.63) is 98.7 Å². The van der Waals surface area contributed by atoms with Gasteiger partial charge in [-0.15, -0.1) is 0 Å². The van der Waals surface area contributed by atoms with Gasteiger partial charge in [-0.1, -0.05) is 52.6 Å². The number of nitrogens with one attached hydrogen (secondary N) is 2. The van der Waals surface area contributed by atoms with Crippen molar-refractivity contribution in [3.8, 4) is 11.5 Å². The van der Waals surface area contributed by atoms with E-state index in [4.69, 9.17) is 9.47 Å². The lowest BCUT2D eigenvalue weighted by Crippen LogP contribution is -2.31. The molecule has 2 heterocycles. The summed E-state index contributed by atoms with van der Waals surface area (Å²) in [6.07, 6.45) is 0. The Morgan fingerprint density at radius 3 is 2.41 bits per heavy atom. The molecule has 5 rings (SSSR count). The third-order valence-electron chi connectivity index (χ3n) is 6.42. The fourth-order valence-corrected chi connectivity index (χ4v) is 5.01. The summed E-state index contributed by atoms with van der Waals surface area (Å²) >= 11 is 3.68. The number of aromatic nitrogens is 4. The minimum Gasteiger partial charge on any atom is -0.490 e. The summed E-state index contributed by atoms with van der Waals surface area (Å²) in [5, 5.41) is 18.3. The lowest BCUT2D eigenvalue weighted by molar-refractivity contribution is -0.113. The molecule has 0 saturated carbocycles. The summed E-state index contributed by atoms with van der Waals surface area (Å²) in [4.78, 5) is 13.7. The smallest absolute Gasteiger partial charge is 0.255 e. The Balaban J connectivity index is 1.52. The van der Waals surface area contributed by atoms with Crippen molar-refractivity contribution in [1.29, 1.82) is 0 Å². The van der Waals surface area contributed by atoms with Crippen LogP contribution in [0.4, 0.5) is 11.6 Å². The third-order valence-corrected chi connectivity index (χ3v) is 7.01. The van der Waals surface area contributed by atoms with Crippen LogP contribution in [0.3, 0.4) is 0 Å². The average molecular weight is 589 g/mol. The lowest BCUT2D eigenvalue weighted by Gasteiger charge is -2.28. The molecule has 200 valence electrons. The predicted molar refractivity (Wildman–Crippen MR) is 153 cm³/mol. The molecule has 4 aromatic rings. The molecule has 10 heteroatoms. The normalized spacial score (nSPS) is 14.4. The summed E-state index contributed by atoms with van der Waals surface area (Å²) in [5.74, 6) is 1.32. The first-order chi connectivity index (χ1) is 18.8. The fraction of sp³-hybridized carbons (Fsp3) is 0.241. The minimum atomic E-state index is -0.608. The number of nitrogens with zero attached hydrogens (tertiary/aromatic N) is 4. The maximum absolute atomic E-state index is 13.7. The summed E-state index contributed by atoms with van der Waals surface area (Å²) in [6, 6.07) is 19.0. The number of allylic oxidation sites excluding steroid dienone is 1. The summed E-state index contributed by atoms with van der Waals surface area (Å²) in [5.41, 5.74) is 5.94. The van der Waals surface area contributed by atoms with Crippen LogP contribution in [0, 0.1) is 13.8 Å². The molecule has 0 bridgehead atoms. The molecule has 0 saturated heterocycles. The van der Waals surface area contributed by atoms with Crippen LogP contribution in [0.25, 0.3) is 0 Å². The van der Waals surface area contributed by atoms with Gasteiger partial charge in [-0.05, 0) is 89.4 Å². The van der Waals surface area contributed by atoms with Gasteiger partial charge in [0, 0.05) is 11.4 Å². The minimum absolute atomic E-state index is 0.260. The number of hydrogen-bond acceptors (Lipinski definition) is 7. The van der Waals surface area contributed by atoms with E-state index in [2.05, 4.69) is 61.1 Å². The molecule has 0 spiro atoms. The summed E-state index contributed by atoms with van der Waals surface area (Å²) < 4.78 is 14.5. The Hall–Kier alpha value is -4.18. The Morgan fingerprint density at radius 2 is 1.72 bits per heavy atom. The first-order valence-corrected chi connectivity index (χ1v) is 13.4. The number of anilines is 2. The van der Waals surface area contributed by atoms with E-state index >= 15 is 0 Å². The SMILES string of the molecule is CCOc1cc(C2C(C(=O)Nc3ccc(C)cc3)=C(C)Nc3nnnn32)cc(Br)c1OCc1ccc(C)cc1. The van der Waals surface area contributed by atoms with Gasteiger partial charge in [0.2, 0.25) is 5.95 Å². The number of aryl methyl sites for hydroxylation is 2. The first kappa shape index (κ1) is 26.4. The zero-order valence-corrected chi connectivity index (χ0v) is 23.7. The molecule has 1 amide bonds. The van der Waals surface area contributed by atoms with Crippen LogP contribution in [0.5, 0.6) is 11.5 Å². The average Bonchev–Trinajstić information content (AvgIpc) is 3.37. The number of tetrazole rings is 1.